The number of rotatable bonds is 5. The van der Waals surface area contributed by atoms with Crippen molar-refractivity contribution in [3.05, 3.63) is 29.8 Å². The van der Waals surface area contributed by atoms with E-state index in [9.17, 15) is 54.3 Å². The SMILES string of the molecule is CC(C)[C@@H]1NC(=O)[C@@H](N)CCCNC(=O)[C@@H]2[C@@H](O)[C@@H](C)CN2C(=O)[C@H](C(C)O)NC(=O)[C@H]([C@H](O)Cc2ccc(O)cc2)NC(=O)[C@@H]2C[C@@H](O)CN2C1=O. The van der Waals surface area contributed by atoms with Crippen molar-refractivity contribution in [2.75, 3.05) is 19.6 Å². The summed E-state index contributed by atoms with van der Waals surface area (Å²) in [6.07, 6.45) is -5.81. The average Bonchev–Trinajstić information content (AvgIpc) is 3.64. The van der Waals surface area contributed by atoms with Gasteiger partial charge in [-0.2, -0.15) is 0 Å². The van der Waals surface area contributed by atoms with Gasteiger partial charge in [0.15, 0.2) is 0 Å². The van der Waals surface area contributed by atoms with Gasteiger partial charge < -0.3 is 62.3 Å². The molecular formula is C35H53N7O11. The fourth-order valence-corrected chi connectivity index (χ4v) is 6.97. The lowest BCUT2D eigenvalue weighted by molar-refractivity contribution is -0.146. The number of carbonyl (C=O) groups is 6. The van der Waals surface area contributed by atoms with Crippen molar-refractivity contribution < 1.29 is 54.3 Å². The number of nitrogens with zero attached hydrogens (tertiary/aromatic N) is 2. The highest BCUT2D eigenvalue weighted by Crippen LogP contribution is 2.26. The molecule has 0 spiro atoms. The Labute approximate surface area is 307 Å². The van der Waals surface area contributed by atoms with Gasteiger partial charge in [0.2, 0.25) is 35.4 Å². The van der Waals surface area contributed by atoms with Gasteiger partial charge in [-0.1, -0.05) is 32.9 Å². The molecule has 0 radical (unpaired) electrons. The van der Waals surface area contributed by atoms with Gasteiger partial charge in [-0.3, -0.25) is 28.8 Å². The molecule has 4 rings (SSSR count). The van der Waals surface area contributed by atoms with Crippen molar-refractivity contribution >= 4 is 35.4 Å². The second kappa shape index (κ2) is 17.6. The predicted molar refractivity (Wildman–Crippen MR) is 187 cm³/mol. The van der Waals surface area contributed by atoms with E-state index in [4.69, 9.17) is 5.73 Å². The van der Waals surface area contributed by atoms with Gasteiger partial charge in [-0.05, 0) is 43.4 Å². The smallest absolute Gasteiger partial charge is 0.248 e. The van der Waals surface area contributed by atoms with Gasteiger partial charge in [0.1, 0.15) is 36.0 Å². The molecule has 1 unspecified atom stereocenters. The summed E-state index contributed by atoms with van der Waals surface area (Å²) >= 11 is 0. The predicted octanol–water partition coefficient (Wildman–Crippen LogP) is -3.81. The molecule has 1 aromatic carbocycles. The van der Waals surface area contributed by atoms with E-state index >= 15 is 0 Å². The van der Waals surface area contributed by atoms with E-state index in [-0.39, 0.29) is 51.1 Å². The number of aliphatic hydroxyl groups excluding tert-OH is 4. The molecule has 0 aromatic heterocycles. The highest BCUT2D eigenvalue weighted by Gasteiger charge is 2.49. The van der Waals surface area contributed by atoms with Crippen LogP contribution < -0.4 is 27.0 Å². The number of amides is 6. The molecule has 11 N–H and O–H groups in total. The average molecular weight is 748 g/mol. The van der Waals surface area contributed by atoms with Gasteiger partial charge in [0, 0.05) is 38.4 Å². The fourth-order valence-electron chi connectivity index (χ4n) is 6.97. The van der Waals surface area contributed by atoms with Crippen molar-refractivity contribution in [1.82, 2.24) is 31.1 Å². The topological polar surface area (TPSA) is 284 Å². The number of aromatic hydroxyl groups is 1. The Balaban J connectivity index is 1.74. The minimum atomic E-state index is -1.80. The van der Waals surface area contributed by atoms with E-state index in [1.54, 1.807) is 20.8 Å². The minimum Gasteiger partial charge on any atom is -0.508 e. The second-order valence-corrected chi connectivity index (χ2v) is 14.7. The molecule has 3 aliphatic rings. The van der Waals surface area contributed by atoms with Crippen molar-refractivity contribution in [3.63, 3.8) is 0 Å². The van der Waals surface area contributed by atoms with Crippen LogP contribution in [0.4, 0.5) is 0 Å². The number of carbonyl (C=O) groups excluding carboxylic acids is 6. The number of nitrogens with one attached hydrogen (secondary N) is 4. The Morgan fingerprint density at radius 2 is 1.42 bits per heavy atom. The first-order valence-corrected chi connectivity index (χ1v) is 18.0. The lowest BCUT2D eigenvalue weighted by Gasteiger charge is -2.33. The summed E-state index contributed by atoms with van der Waals surface area (Å²) in [5, 5.41) is 63.6. The van der Waals surface area contributed by atoms with Gasteiger partial charge >= 0.3 is 0 Å². The monoisotopic (exact) mass is 747 g/mol. The molecule has 6 amide bonds. The summed E-state index contributed by atoms with van der Waals surface area (Å²) in [5.41, 5.74) is 6.60. The Bertz CT molecular complexity index is 1510. The molecule has 18 nitrogen and oxygen atoms in total. The maximum absolute atomic E-state index is 14.0. The lowest BCUT2D eigenvalue weighted by atomic mass is 9.99. The van der Waals surface area contributed by atoms with Crippen LogP contribution in [0.2, 0.25) is 0 Å². The minimum absolute atomic E-state index is 0.0181. The van der Waals surface area contributed by atoms with E-state index in [1.165, 1.54) is 31.2 Å². The maximum atomic E-state index is 14.0. The van der Waals surface area contributed by atoms with Gasteiger partial charge in [0.25, 0.3) is 0 Å². The van der Waals surface area contributed by atoms with E-state index in [0.717, 1.165) is 9.80 Å². The second-order valence-electron chi connectivity index (χ2n) is 14.7. The zero-order valence-electron chi connectivity index (χ0n) is 30.3. The number of phenols is 1. The molecule has 294 valence electrons. The number of aliphatic hydroxyl groups is 4. The Kier molecular flexibility index (Phi) is 13.8. The molecule has 53 heavy (non-hydrogen) atoms. The van der Waals surface area contributed by atoms with E-state index in [1.807, 2.05) is 0 Å². The summed E-state index contributed by atoms with van der Waals surface area (Å²) in [7, 11) is 0. The molecule has 0 saturated carbocycles. The van der Waals surface area contributed by atoms with E-state index in [0.29, 0.717) is 5.56 Å². The van der Waals surface area contributed by atoms with Crippen molar-refractivity contribution in [3.8, 4) is 5.75 Å². The van der Waals surface area contributed by atoms with Crippen LogP contribution in [0.25, 0.3) is 0 Å². The first kappa shape index (κ1) is 41.4. The van der Waals surface area contributed by atoms with Crippen molar-refractivity contribution in [2.24, 2.45) is 17.6 Å². The Morgan fingerprint density at radius 3 is 2.04 bits per heavy atom. The third kappa shape index (κ3) is 9.80. The summed E-state index contributed by atoms with van der Waals surface area (Å²) in [6.45, 7) is 5.85. The third-order valence-electron chi connectivity index (χ3n) is 10.1. The largest absolute Gasteiger partial charge is 0.508 e. The van der Waals surface area contributed by atoms with Crippen molar-refractivity contribution in [1.29, 1.82) is 0 Å². The molecule has 1 aromatic rings. The number of nitrogens with two attached hydrogens (primary N) is 1. The van der Waals surface area contributed by atoms with Crippen LogP contribution in [0.5, 0.6) is 5.75 Å². The van der Waals surface area contributed by atoms with Crippen LogP contribution in [-0.2, 0) is 35.2 Å². The van der Waals surface area contributed by atoms with E-state index in [2.05, 4.69) is 21.3 Å². The Morgan fingerprint density at radius 1 is 0.811 bits per heavy atom. The molecule has 0 bridgehead atoms. The highest BCUT2D eigenvalue weighted by atomic mass is 16.3. The summed E-state index contributed by atoms with van der Waals surface area (Å²) in [5.74, 6) is -6.09. The van der Waals surface area contributed by atoms with Gasteiger partial charge in [-0.15, -0.1) is 0 Å². The normalized spacial score (nSPS) is 32.5. The molecule has 3 saturated heterocycles. The summed E-state index contributed by atoms with van der Waals surface area (Å²) in [4.78, 5) is 84.5. The number of hydrogen-bond acceptors (Lipinski definition) is 12. The number of fused-ring (bicyclic) bond motifs is 2. The molecule has 0 aliphatic carbocycles. The molecule has 11 atom stereocenters. The van der Waals surface area contributed by atoms with Crippen LogP contribution in [0.3, 0.4) is 0 Å². The first-order valence-electron chi connectivity index (χ1n) is 18.0. The van der Waals surface area contributed by atoms with Gasteiger partial charge in [-0.25, -0.2) is 0 Å². The van der Waals surface area contributed by atoms with Gasteiger partial charge in [0.05, 0.1) is 30.5 Å². The zero-order valence-corrected chi connectivity index (χ0v) is 30.3. The van der Waals surface area contributed by atoms with Crippen LogP contribution >= 0.6 is 0 Å². The standard InChI is InChI=1S/C35H53N7O11/c1-16(2)25-34(52)41-15-21(45)13-23(41)31(49)40-27(24(46)12-19-7-9-20(44)10-8-19)32(50)39-26(18(4)43)35(53)42-14-17(3)29(47)28(42)33(51)37-11-5-6-22(36)30(48)38-25/h7-10,16-18,21-29,43-47H,5-6,11-15,36H2,1-4H3,(H,37,51)(H,38,48)(H,39,50)(H,40,49)/t17-,18?,21+,22-,23-,24+,25-,26-,27-,28-,29-/m0/s1. The van der Waals surface area contributed by atoms with Crippen LogP contribution in [0, 0.1) is 11.8 Å². The molecule has 3 heterocycles. The third-order valence-corrected chi connectivity index (χ3v) is 10.1. The first-order chi connectivity index (χ1) is 24.9. The highest BCUT2D eigenvalue weighted by molar-refractivity contribution is 5.97. The molecule has 18 heteroatoms. The van der Waals surface area contributed by atoms with E-state index < -0.39 is 108 Å². The quantitative estimate of drug-likeness (QED) is 0.139. The van der Waals surface area contributed by atoms with Crippen LogP contribution in [0.1, 0.15) is 52.5 Å². The van der Waals surface area contributed by atoms with Crippen LogP contribution in [-0.4, -0.2) is 151 Å². The number of benzene rings is 1. The zero-order chi connectivity index (χ0) is 39.3. The molecule has 3 aliphatic heterocycles. The molecule has 3 fully saturated rings. The number of hydrogen-bond donors (Lipinski definition) is 10. The fraction of sp³-hybridized carbons (Fsp3) is 0.657. The summed E-state index contributed by atoms with van der Waals surface area (Å²) in [6, 6.07) is -2.78. The number of phenolic OH excluding ortho intramolecular Hbond substituents is 1. The lowest BCUT2D eigenvalue weighted by Crippen LogP contribution is -2.63. The van der Waals surface area contributed by atoms with Crippen molar-refractivity contribution in [2.45, 2.75) is 114 Å². The maximum Gasteiger partial charge on any atom is 0.248 e. The van der Waals surface area contributed by atoms with Crippen LogP contribution in [0.15, 0.2) is 24.3 Å². The Hall–Kier alpha value is -4.36. The summed E-state index contributed by atoms with van der Waals surface area (Å²) < 4.78 is 0. The molecular weight excluding hydrogens is 694 g/mol.